The number of nitrogens with zero attached hydrogens (tertiary/aromatic N) is 1. The fourth-order valence-corrected chi connectivity index (χ4v) is 1.35. The molecule has 1 amide bonds. The highest BCUT2D eigenvalue weighted by atomic mass is 19.1. The van der Waals surface area contributed by atoms with Crippen LogP contribution in [0.1, 0.15) is 8.35 Å². The van der Waals surface area contributed by atoms with Crippen LogP contribution < -0.4 is 5.32 Å². The maximum Gasteiger partial charge on any atom is 0.217 e. The summed E-state index contributed by atoms with van der Waals surface area (Å²) in [5.74, 6) is -0.159. The van der Waals surface area contributed by atoms with Crippen LogP contribution in [0.25, 0.3) is 0 Å². The number of carbonyl (C=O) groups is 1. The second-order valence-electron chi connectivity index (χ2n) is 3.04. The molecule has 1 fully saturated rings. The molecule has 0 spiro atoms. The minimum atomic E-state index is -0.913. The van der Waals surface area contributed by atoms with Crippen molar-refractivity contribution in [3.05, 3.63) is 0 Å². The second-order valence-corrected chi connectivity index (χ2v) is 3.04. The number of halogens is 1. The Morgan fingerprint density at radius 3 is 2.73 bits per heavy atom. The molecule has 1 rings (SSSR count). The lowest BCUT2D eigenvalue weighted by atomic mass is 10.2. The van der Waals surface area contributed by atoms with Crippen molar-refractivity contribution in [1.82, 2.24) is 10.2 Å². The summed E-state index contributed by atoms with van der Waals surface area (Å²) < 4.78 is 12.9. The standard InChI is InChI=1S/C7H13FN2O.H2/c1-5(11)9-7-4-10(2)3-6(7)8;/h6-7H,3-4H2,1-2H3,(H,9,11);1H/t6-,7-;/m1./s1. The van der Waals surface area contributed by atoms with E-state index in [-0.39, 0.29) is 13.4 Å². The van der Waals surface area contributed by atoms with Crippen molar-refractivity contribution >= 4 is 5.91 Å². The Balaban J connectivity index is 0.00000121. The lowest BCUT2D eigenvalue weighted by Gasteiger charge is -2.11. The molecule has 1 aliphatic heterocycles. The first-order valence-corrected chi connectivity index (χ1v) is 3.69. The van der Waals surface area contributed by atoms with Gasteiger partial charge in [-0.15, -0.1) is 0 Å². The van der Waals surface area contributed by atoms with E-state index >= 15 is 0 Å². The van der Waals surface area contributed by atoms with Crippen molar-refractivity contribution in [2.45, 2.75) is 19.1 Å². The third-order valence-electron chi connectivity index (χ3n) is 1.82. The predicted molar refractivity (Wildman–Crippen MR) is 42.1 cm³/mol. The normalized spacial score (nSPS) is 32.3. The van der Waals surface area contributed by atoms with Gasteiger partial charge in [0, 0.05) is 21.4 Å². The molecule has 0 unspecified atom stereocenters. The first kappa shape index (κ1) is 8.46. The minimum Gasteiger partial charge on any atom is -0.349 e. The number of carbonyl (C=O) groups excluding carboxylic acids is 1. The monoisotopic (exact) mass is 162 g/mol. The Labute approximate surface area is 67.0 Å². The summed E-state index contributed by atoms with van der Waals surface area (Å²) in [4.78, 5) is 12.4. The van der Waals surface area contributed by atoms with E-state index in [4.69, 9.17) is 0 Å². The zero-order chi connectivity index (χ0) is 8.43. The van der Waals surface area contributed by atoms with E-state index in [0.717, 1.165) is 0 Å². The molecule has 66 valence electrons. The molecule has 1 aliphatic rings. The predicted octanol–water partition coefficient (Wildman–Crippen LogP) is 0.0206. The SMILES string of the molecule is CC(=O)N[C@@H]1CN(C)C[C@H]1F.[HH]. The van der Waals surface area contributed by atoms with Crippen LogP contribution in [0, 0.1) is 0 Å². The summed E-state index contributed by atoms with van der Waals surface area (Å²) in [6, 6.07) is -0.308. The Morgan fingerprint density at radius 1 is 1.73 bits per heavy atom. The highest BCUT2D eigenvalue weighted by molar-refractivity contribution is 5.73. The maximum absolute atomic E-state index is 12.9. The maximum atomic E-state index is 12.9. The molecule has 4 heteroatoms. The Bertz CT molecular complexity index is 167. The van der Waals surface area contributed by atoms with E-state index in [1.807, 2.05) is 11.9 Å². The molecular formula is C7H15FN2O. The van der Waals surface area contributed by atoms with Crippen LogP contribution in [0.15, 0.2) is 0 Å². The van der Waals surface area contributed by atoms with E-state index in [9.17, 15) is 9.18 Å². The molecule has 1 saturated heterocycles. The number of hydrogen-bond donors (Lipinski definition) is 1. The summed E-state index contributed by atoms with van der Waals surface area (Å²) in [7, 11) is 1.84. The minimum absolute atomic E-state index is 0. The lowest BCUT2D eigenvalue weighted by Crippen LogP contribution is -2.39. The molecule has 1 heterocycles. The summed E-state index contributed by atoms with van der Waals surface area (Å²) in [5, 5.41) is 2.57. The van der Waals surface area contributed by atoms with Crippen molar-refractivity contribution in [2.75, 3.05) is 20.1 Å². The van der Waals surface area contributed by atoms with Crippen molar-refractivity contribution in [3.8, 4) is 0 Å². The van der Waals surface area contributed by atoms with Gasteiger partial charge in [-0.05, 0) is 7.05 Å². The average molecular weight is 162 g/mol. The van der Waals surface area contributed by atoms with E-state index < -0.39 is 6.17 Å². The average Bonchev–Trinajstić information content (AvgIpc) is 2.09. The molecule has 0 saturated carbocycles. The summed E-state index contributed by atoms with van der Waals surface area (Å²) in [6.07, 6.45) is -0.913. The molecule has 11 heavy (non-hydrogen) atoms. The fourth-order valence-electron chi connectivity index (χ4n) is 1.35. The van der Waals surface area contributed by atoms with Crippen molar-refractivity contribution in [1.29, 1.82) is 0 Å². The van der Waals surface area contributed by atoms with Gasteiger partial charge in [0.15, 0.2) is 0 Å². The molecule has 0 bridgehead atoms. The van der Waals surface area contributed by atoms with E-state index in [1.165, 1.54) is 6.92 Å². The van der Waals surface area contributed by atoms with E-state index in [2.05, 4.69) is 5.32 Å². The summed E-state index contributed by atoms with van der Waals surface area (Å²) >= 11 is 0. The fraction of sp³-hybridized carbons (Fsp3) is 0.857. The smallest absolute Gasteiger partial charge is 0.217 e. The third-order valence-corrected chi connectivity index (χ3v) is 1.82. The van der Waals surface area contributed by atoms with Crippen LogP contribution in [-0.2, 0) is 4.79 Å². The number of nitrogens with one attached hydrogen (secondary N) is 1. The second kappa shape index (κ2) is 3.17. The van der Waals surface area contributed by atoms with E-state index in [1.54, 1.807) is 0 Å². The zero-order valence-electron chi connectivity index (χ0n) is 6.80. The van der Waals surface area contributed by atoms with Crippen LogP contribution >= 0.6 is 0 Å². The number of hydrogen-bond acceptors (Lipinski definition) is 2. The van der Waals surface area contributed by atoms with Gasteiger partial charge in [0.1, 0.15) is 6.17 Å². The molecule has 1 N–H and O–H groups in total. The van der Waals surface area contributed by atoms with Crippen molar-refractivity contribution in [2.24, 2.45) is 0 Å². The largest absolute Gasteiger partial charge is 0.349 e. The van der Waals surface area contributed by atoms with Crippen LogP contribution in [0.2, 0.25) is 0 Å². The van der Waals surface area contributed by atoms with Gasteiger partial charge in [-0.1, -0.05) is 0 Å². The van der Waals surface area contributed by atoms with Gasteiger partial charge in [0.2, 0.25) is 5.91 Å². The van der Waals surface area contributed by atoms with Crippen LogP contribution in [-0.4, -0.2) is 43.2 Å². The van der Waals surface area contributed by atoms with Crippen molar-refractivity contribution < 1.29 is 10.6 Å². The van der Waals surface area contributed by atoms with Gasteiger partial charge >= 0.3 is 0 Å². The van der Waals surface area contributed by atoms with Crippen molar-refractivity contribution in [3.63, 3.8) is 0 Å². The lowest BCUT2D eigenvalue weighted by molar-refractivity contribution is -0.119. The molecule has 0 aliphatic carbocycles. The topological polar surface area (TPSA) is 32.3 Å². The Hall–Kier alpha value is -0.640. The highest BCUT2D eigenvalue weighted by Crippen LogP contribution is 2.10. The van der Waals surface area contributed by atoms with Gasteiger partial charge < -0.3 is 10.2 Å². The molecule has 3 nitrogen and oxygen atoms in total. The van der Waals surface area contributed by atoms with E-state index in [0.29, 0.717) is 13.1 Å². The zero-order valence-corrected chi connectivity index (χ0v) is 6.80. The molecule has 0 aromatic heterocycles. The third kappa shape index (κ3) is 2.15. The number of likely N-dealkylation sites (N-methyl/N-ethyl adjacent to an activating group) is 1. The first-order chi connectivity index (χ1) is 5.09. The van der Waals surface area contributed by atoms with Gasteiger partial charge in [0.05, 0.1) is 6.04 Å². The van der Waals surface area contributed by atoms with Crippen LogP contribution in [0.4, 0.5) is 4.39 Å². The number of rotatable bonds is 1. The van der Waals surface area contributed by atoms with Gasteiger partial charge in [0.25, 0.3) is 0 Å². The Kier molecular flexibility index (Phi) is 2.44. The number of alkyl halides is 1. The van der Waals surface area contributed by atoms with Crippen LogP contribution in [0.5, 0.6) is 0 Å². The summed E-state index contributed by atoms with van der Waals surface area (Å²) in [6.45, 7) is 2.44. The quantitative estimate of drug-likeness (QED) is 0.589. The first-order valence-electron chi connectivity index (χ1n) is 3.69. The molecule has 0 aromatic rings. The van der Waals surface area contributed by atoms with Gasteiger partial charge in [-0.3, -0.25) is 4.79 Å². The number of likely N-dealkylation sites (tertiary alicyclic amines) is 1. The highest BCUT2D eigenvalue weighted by Gasteiger charge is 2.30. The summed E-state index contributed by atoms with van der Waals surface area (Å²) in [5.41, 5.74) is 0. The van der Waals surface area contributed by atoms with Crippen LogP contribution in [0.3, 0.4) is 0 Å². The number of amides is 1. The molecular weight excluding hydrogens is 147 g/mol. The Morgan fingerprint density at radius 2 is 2.36 bits per heavy atom. The van der Waals surface area contributed by atoms with Gasteiger partial charge in [-0.25, -0.2) is 4.39 Å². The molecule has 0 aromatic carbocycles. The molecule has 2 atom stereocenters. The molecule has 0 radical (unpaired) electrons. The van der Waals surface area contributed by atoms with Gasteiger partial charge in [-0.2, -0.15) is 0 Å².